The number of nitrogens with zero attached hydrogens (tertiary/aromatic N) is 2. The molecule has 74 valence electrons. The number of hydrogen-bond acceptors (Lipinski definition) is 3. The van der Waals surface area contributed by atoms with Gasteiger partial charge in [-0.1, -0.05) is 23.2 Å². The molecule has 0 aromatic carbocycles. The van der Waals surface area contributed by atoms with Crippen molar-refractivity contribution in [1.82, 2.24) is 4.98 Å². The van der Waals surface area contributed by atoms with Gasteiger partial charge in [0.05, 0.1) is 10.0 Å². The van der Waals surface area contributed by atoms with Crippen LogP contribution in [-0.2, 0) is 10.3 Å². The molecule has 1 rings (SSSR count). The first-order valence-electron chi connectivity index (χ1n) is 3.81. The van der Waals surface area contributed by atoms with E-state index in [0.29, 0.717) is 15.7 Å². The van der Waals surface area contributed by atoms with Gasteiger partial charge in [0.15, 0.2) is 5.60 Å². The number of rotatable bonds is 2. The SMILES string of the molecule is COC(C)(C#N)c1ncc(Cl)cc1Cl. The normalized spacial score (nSPS) is 14.5. The Morgan fingerprint density at radius 1 is 1.57 bits per heavy atom. The van der Waals surface area contributed by atoms with Crippen molar-refractivity contribution >= 4 is 23.2 Å². The van der Waals surface area contributed by atoms with Crippen molar-refractivity contribution in [2.45, 2.75) is 12.5 Å². The molecule has 0 saturated heterocycles. The van der Waals surface area contributed by atoms with E-state index >= 15 is 0 Å². The smallest absolute Gasteiger partial charge is 0.194 e. The van der Waals surface area contributed by atoms with E-state index in [4.69, 9.17) is 33.2 Å². The summed E-state index contributed by atoms with van der Waals surface area (Å²) in [6, 6.07) is 3.52. The molecule has 1 atom stereocenters. The molecular weight excluding hydrogens is 223 g/mol. The molecule has 0 saturated carbocycles. The van der Waals surface area contributed by atoms with Crippen molar-refractivity contribution in [3.05, 3.63) is 28.0 Å². The molecule has 0 aliphatic heterocycles. The zero-order valence-corrected chi connectivity index (χ0v) is 9.23. The molecule has 1 unspecified atom stereocenters. The van der Waals surface area contributed by atoms with Gasteiger partial charge in [0.1, 0.15) is 11.8 Å². The Morgan fingerprint density at radius 2 is 2.21 bits per heavy atom. The quantitative estimate of drug-likeness (QED) is 0.786. The van der Waals surface area contributed by atoms with Crippen LogP contribution in [0, 0.1) is 11.3 Å². The Balaban J connectivity index is 3.26. The lowest BCUT2D eigenvalue weighted by molar-refractivity contribution is 0.0496. The Hall–Kier alpha value is -0.820. The highest BCUT2D eigenvalue weighted by Crippen LogP contribution is 2.29. The number of nitriles is 1. The summed E-state index contributed by atoms with van der Waals surface area (Å²) < 4.78 is 5.04. The Labute approximate surface area is 92.2 Å². The molecule has 0 aliphatic rings. The summed E-state index contributed by atoms with van der Waals surface area (Å²) in [4.78, 5) is 3.98. The molecule has 1 aromatic heterocycles. The molecular formula is C9H8Cl2N2O. The highest BCUT2D eigenvalue weighted by atomic mass is 35.5. The molecule has 14 heavy (non-hydrogen) atoms. The zero-order chi connectivity index (χ0) is 10.8. The van der Waals surface area contributed by atoms with Crippen LogP contribution in [-0.4, -0.2) is 12.1 Å². The molecule has 1 aromatic rings. The van der Waals surface area contributed by atoms with Gasteiger partial charge in [0.25, 0.3) is 0 Å². The van der Waals surface area contributed by atoms with Crippen molar-refractivity contribution < 1.29 is 4.74 Å². The van der Waals surface area contributed by atoms with Crippen molar-refractivity contribution in [1.29, 1.82) is 5.26 Å². The zero-order valence-electron chi connectivity index (χ0n) is 7.71. The molecule has 0 amide bonds. The molecule has 0 fully saturated rings. The second kappa shape index (κ2) is 4.14. The predicted molar refractivity (Wildman–Crippen MR) is 54.2 cm³/mol. The highest BCUT2D eigenvalue weighted by Gasteiger charge is 2.30. The van der Waals surface area contributed by atoms with E-state index in [1.165, 1.54) is 19.4 Å². The Morgan fingerprint density at radius 3 is 2.64 bits per heavy atom. The topological polar surface area (TPSA) is 45.9 Å². The van der Waals surface area contributed by atoms with E-state index in [1.54, 1.807) is 6.92 Å². The fourth-order valence-electron chi connectivity index (χ4n) is 0.961. The first kappa shape index (κ1) is 11.3. The maximum Gasteiger partial charge on any atom is 0.194 e. The summed E-state index contributed by atoms with van der Waals surface area (Å²) in [7, 11) is 1.43. The maximum atomic E-state index is 8.93. The molecule has 3 nitrogen and oxygen atoms in total. The van der Waals surface area contributed by atoms with Gasteiger partial charge in [-0.05, 0) is 13.0 Å². The fraction of sp³-hybridized carbons (Fsp3) is 0.333. The van der Waals surface area contributed by atoms with Crippen LogP contribution in [0.1, 0.15) is 12.6 Å². The van der Waals surface area contributed by atoms with Crippen LogP contribution < -0.4 is 0 Å². The van der Waals surface area contributed by atoms with E-state index in [-0.39, 0.29) is 0 Å². The Bertz CT molecular complexity index is 389. The summed E-state index contributed by atoms with van der Waals surface area (Å²) in [6.07, 6.45) is 1.43. The summed E-state index contributed by atoms with van der Waals surface area (Å²) in [5, 5.41) is 9.67. The lowest BCUT2D eigenvalue weighted by Crippen LogP contribution is -2.23. The Kier molecular flexibility index (Phi) is 3.33. The average molecular weight is 231 g/mol. The number of aromatic nitrogens is 1. The van der Waals surface area contributed by atoms with Crippen molar-refractivity contribution in [3.63, 3.8) is 0 Å². The van der Waals surface area contributed by atoms with Gasteiger partial charge in [-0.15, -0.1) is 0 Å². The third-order valence-electron chi connectivity index (χ3n) is 1.88. The van der Waals surface area contributed by atoms with Crippen LogP contribution in [0.2, 0.25) is 10.0 Å². The molecule has 0 N–H and O–H groups in total. The second-order valence-electron chi connectivity index (χ2n) is 2.83. The first-order chi connectivity index (χ1) is 6.53. The van der Waals surface area contributed by atoms with E-state index in [2.05, 4.69) is 4.98 Å². The number of hydrogen-bond donors (Lipinski definition) is 0. The van der Waals surface area contributed by atoms with Gasteiger partial charge < -0.3 is 4.74 Å². The summed E-state index contributed by atoms with van der Waals surface area (Å²) in [6.45, 7) is 1.59. The number of halogens is 2. The summed E-state index contributed by atoms with van der Waals surface area (Å²) in [5.74, 6) is 0. The van der Waals surface area contributed by atoms with Crippen LogP contribution in [0.4, 0.5) is 0 Å². The largest absolute Gasteiger partial charge is 0.358 e. The van der Waals surface area contributed by atoms with Gasteiger partial charge >= 0.3 is 0 Å². The average Bonchev–Trinajstić information content (AvgIpc) is 2.17. The minimum Gasteiger partial charge on any atom is -0.358 e. The predicted octanol–water partition coefficient (Wildman–Crippen LogP) is 2.77. The highest BCUT2D eigenvalue weighted by molar-refractivity contribution is 6.34. The lowest BCUT2D eigenvalue weighted by Gasteiger charge is -2.19. The third kappa shape index (κ3) is 1.98. The van der Waals surface area contributed by atoms with E-state index in [9.17, 15) is 0 Å². The monoisotopic (exact) mass is 230 g/mol. The van der Waals surface area contributed by atoms with Gasteiger partial charge in [-0.2, -0.15) is 5.26 Å². The molecule has 0 spiro atoms. The maximum absolute atomic E-state index is 8.93. The van der Waals surface area contributed by atoms with Gasteiger partial charge in [0, 0.05) is 13.3 Å². The molecule has 5 heteroatoms. The number of methoxy groups -OCH3 is 1. The van der Waals surface area contributed by atoms with Crippen LogP contribution in [0.3, 0.4) is 0 Å². The van der Waals surface area contributed by atoms with Gasteiger partial charge in [-0.25, -0.2) is 0 Å². The lowest BCUT2D eigenvalue weighted by atomic mass is 10.0. The fourth-order valence-corrected chi connectivity index (χ4v) is 1.52. The van der Waals surface area contributed by atoms with Crippen molar-refractivity contribution in [2.75, 3.05) is 7.11 Å². The standard InChI is InChI=1S/C9H8Cl2N2O/c1-9(5-12,14-2)8-7(11)3-6(10)4-13-8/h3-4H,1-2H3. The van der Waals surface area contributed by atoms with E-state index in [1.807, 2.05) is 6.07 Å². The number of ether oxygens (including phenoxy) is 1. The second-order valence-corrected chi connectivity index (χ2v) is 3.68. The number of pyridine rings is 1. The van der Waals surface area contributed by atoms with E-state index < -0.39 is 5.60 Å². The van der Waals surface area contributed by atoms with Crippen molar-refractivity contribution in [2.24, 2.45) is 0 Å². The van der Waals surface area contributed by atoms with E-state index in [0.717, 1.165) is 0 Å². The minimum atomic E-state index is -1.14. The molecule has 1 heterocycles. The van der Waals surface area contributed by atoms with Crippen LogP contribution in [0.15, 0.2) is 12.3 Å². The van der Waals surface area contributed by atoms with Gasteiger partial charge in [-0.3, -0.25) is 4.98 Å². The summed E-state index contributed by atoms with van der Waals surface area (Å²) >= 11 is 11.6. The van der Waals surface area contributed by atoms with Gasteiger partial charge in [0.2, 0.25) is 0 Å². The molecule has 0 aliphatic carbocycles. The van der Waals surface area contributed by atoms with Crippen LogP contribution in [0.5, 0.6) is 0 Å². The summed E-state index contributed by atoms with van der Waals surface area (Å²) in [5.41, 5.74) is -0.768. The molecule has 0 radical (unpaired) electrons. The minimum absolute atomic E-state index is 0.323. The molecule has 0 bridgehead atoms. The van der Waals surface area contributed by atoms with Crippen LogP contribution in [0.25, 0.3) is 0 Å². The van der Waals surface area contributed by atoms with Crippen molar-refractivity contribution in [3.8, 4) is 6.07 Å². The first-order valence-corrected chi connectivity index (χ1v) is 4.57. The van der Waals surface area contributed by atoms with Crippen LogP contribution >= 0.6 is 23.2 Å². The third-order valence-corrected chi connectivity index (χ3v) is 2.38.